The summed E-state index contributed by atoms with van der Waals surface area (Å²) < 4.78 is 0. The Hall–Kier alpha value is -1.87. The number of nitrogens with zero attached hydrogens (tertiary/aromatic N) is 2. The van der Waals surface area contributed by atoms with Crippen LogP contribution >= 0.6 is 0 Å². The molecule has 22 heavy (non-hydrogen) atoms. The van der Waals surface area contributed by atoms with Gasteiger partial charge in [-0.1, -0.05) is 49.2 Å². The highest BCUT2D eigenvalue weighted by atomic mass is 16.3. The first-order chi connectivity index (χ1) is 10.8. The van der Waals surface area contributed by atoms with Crippen molar-refractivity contribution in [1.82, 2.24) is 4.98 Å². The second-order valence-electron chi connectivity index (χ2n) is 6.06. The molecule has 0 saturated carbocycles. The van der Waals surface area contributed by atoms with Crippen LogP contribution in [0.1, 0.15) is 48.6 Å². The molecule has 1 aliphatic heterocycles. The van der Waals surface area contributed by atoms with E-state index in [0.29, 0.717) is 0 Å². The highest BCUT2D eigenvalue weighted by molar-refractivity contribution is 5.44. The summed E-state index contributed by atoms with van der Waals surface area (Å²) >= 11 is 0. The summed E-state index contributed by atoms with van der Waals surface area (Å²) in [4.78, 5) is 7.12. The monoisotopic (exact) mass is 296 g/mol. The lowest BCUT2D eigenvalue weighted by molar-refractivity contribution is 0.219. The maximum atomic E-state index is 10.6. The smallest absolute Gasteiger partial charge is 0.128 e. The first-order valence-electron chi connectivity index (χ1n) is 8.21. The van der Waals surface area contributed by atoms with Crippen molar-refractivity contribution in [2.45, 2.75) is 38.7 Å². The van der Waals surface area contributed by atoms with Crippen molar-refractivity contribution in [2.24, 2.45) is 0 Å². The van der Waals surface area contributed by atoms with E-state index in [0.717, 1.165) is 35.7 Å². The van der Waals surface area contributed by atoms with Gasteiger partial charge >= 0.3 is 0 Å². The minimum atomic E-state index is -0.605. The molecule has 3 nitrogen and oxygen atoms in total. The molecule has 1 aromatic carbocycles. The Morgan fingerprint density at radius 2 is 1.64 bits per heavy atom. The van der Waals surface area contributed by atoms with Crippen molar-refractivity contribution in [1.29, 1.82) is 0 Å². The molecule has 2 aromatic rings. The molecule has 1 saturated heterocycles. The van der Waals surface area contributed by atoms with Crippen LogP contribution in [0.15, 0.2) is 42.5 Å². The van der Waals surface area contributed by atoms with Crippen molar-refractivity contribution >= 4 is 5.82 Å². The van der Waals surface area contributed by atoms with Crippen LogP contribution in [-0.4, -0.2) is 23.2 Å². The third kappa shape index (κ3) is 3.30. The minimum Gasteiger partial charge on any atom is -0.384 e. The molecule has 0 radical (unpaired) electrons. The Kier molecular flexibility index (Phi) is 4.74. The molecule has 1 fully saturated rings. The number of aliphatic hydroxyl groups is 1. The van der Waals surface area contributed by atoms with Crippen molar-refractivity contribution in [3.63, 3.8) is 0 Å². The summed E-state index contributed by atoms with van der Waals surface area (Å²) in [6, 6.07) is 13.9. The molecule has 2 heterocycles. The summed E-state index contributed by atoms with van der Waals surface area (Å²) in [5, 5.41) is 10.6. The van der Waals surface area contributed by atoms with E-state index in [4.69, 9.17) is 4.98 Å². The first-order valence-corrected chi connectivity index (χ1v) is 8.21. The summed E-state index contributed by atoms with van der Waals surface area (Å²) in [7, 11) is 0. The average molecular weight is 296 g/mol. The van der Waals surface area contributed by atoms with Gasteiger partial charge in [0, 0.05) is 24.3 Å². The number of aliphatic hydroxyl groups excluding tert-OH is 1. The van der Waals surface area contributed by atoms with Gasteiger partial charge in [0.15, 0.2) is 0 Å². The third-order valence-electron chi connectivity index (χ3n) is 4.45. The van der Waals surface area contributed by atoms with Gasteiger partial charge in [-0.3, -0.25) is 0 Å². The zero-order valence-electron chi connectivity index (χ0n) is 13.2. The van der Waals surface area contributed by atoms with Gasteiger partial charge in [0.05, 0.1) is 0 Å². The maximum absolute atomic E-state index is 10.6. The molecule has 1 N–H and O–H groups in total. The molecule has 116 valence electrons. The highest BCUT2D eigenvalue weighted by Gasteiger charge is 2.16. The standard InChI is InChI=1S/C19H24N2O/c1-15-17(19(22)16-9-5-4-6-10-16)11-12-18(20-15)21-13-7-2-3-8-14-21/h4-6,9-12,19,22H,2-3,7-8,13-14H2,1H3/t19-/m0/s1. The van der Waals surface area contributed by atoms with Crippen LogP contribution in [0.5, 0.6) is 0 Å². The number of benzene rings is 1. The number of rotatable bonds is 3. The van der Waals surface area contributed by atoms with E-state index in [1.807, 2.05) is 43.3 Å². The second kappa shape index (κ2) is 6.93. The number of pyridine rings is 1. The fraction of sp³-hybridized carbons (Fsp3) is 0.421. The number of aromatic nitrogens is 1. The summed E-state index contributed by atoms with van der Waals surface area (Å²) in [6.07, 6.45) is 4.53. The highest BCUT2D eigenvalue weighted by Crippen LogP contribution is 2.26. The molecule has 0 bridgehead atoms. The van der Waals surface area contributed by atoms with Gasteiger partial charge in [-0.15, -0.1) is 0 Å². The summed E-state index contributed by atoms with van der Waals surface area (Å²) in [6.45, 7) is 4.17. The first kappa shape index (κ1) is 15.0. The normalized spacial score (nSPS) is 17.1. The molecule has 0 unspecified atom stereocenters. The van der Waals surface area contributed by atoms with E-state index in [2.05, 4.69) is 11.0 Å². The largest absolute Gasteiger partial charge is 0.384 e. The molecule has 0 spiro atoms. The fourth-order valence-corrected chi connectivity index (χ4v) is 3.14. The predicted molar refractivity (Wildman–Crippen MR) is 90.2 cm³/mol. The number of hydrogen-bond donors (Lipinski definition) is 1. The lowest BCUT2D eigenvalue weighted by Gasteiger charge is -2.23. The lowest BCUT2D eigenvalue weighted by atomic mass is 10.0. The van der Waals surface area contributed by atoms with E-state index >= 15 is 0 Å². The average Bonchev–Trinajstić information content (AvgIpc) is 2.84. The molecule has 1 aromatic heterocycles. The molecule has 3 rings (SSSR count). The van der Waals surface area contributed by atoms with Crippen molar-refractivity contribution in [3.05, 3.63) is 59.3 Å². The van der Waals surface area contributed by atoms with Crippen LogP contribution in [0.25, 0.3) is 0 Å². The molecule has 0 amide bonds. The van der Waals surface area contributed by atoms with E-state index in [1.165, 1.54) is 25.7 Å². The zero-order chi connectivity index (χ0) is 15.4. The Morgan fingerprint density at radius 3 is 2.27 bits per heavy atom. The fourth-order valence-electron chi connectivity index (χ4n) is 3.14. The minimum absolute atomic E-state index is 0.605. The maximum Gasteiger partial charge on any atom is 0.128 e. The van der Waals surface area contributed by atoms with Crippen LogP contribution in [0.2, 0.25) is 0 Å². The molecule has 1 atom stereocenters. The number of anilines is 1. The Balaban J connectivity index is 1.82. The SMILES string of the molecule is Cc1nc(N2CCCCCC2)ccc1[C@@H](O)c1ccccc1. The van der Waals surface area contributed by atoms with Crippen LogP contribution < -0.4 is 4.90 Å². The van der Waals surface area contributed by atoms with Gasteiger partial charge < -0.3 is 10.0 Å². The number of aryl methyl sites for hydroxylation is 1. The van der Waals surface area contributed by atoms with Crippen LogP contribution in [-0.2, 0) is 0 Å². The molecule has 1 aliphatic rings. The Labute approximate surface area is 132 Å². The molecule has 0 aliphatic carbocycles. The number of hydrogen-bond acceptors (Lipinski definition) is 3. The molecule has 3 heteroatoms. The second-order valence-corrected chi connectivity index (χ2v) is 6.06. The quantitative estimate of drug-likeness (QED) is 0.934. The summed E-state index contributed by atoms with van der Waals surface area (Å²) in [5.41, 5.74) is 2.72. The van der Waals surface area contributed by atoms with Crippen LogP contribution in [0.4, 0.5) is 5.82 Å². The zero-order valence-corrected chi connectivity index (χ0v) is 13.2. The van der Waals surface area contributed by atoms with Crippen molar-refractivity contribution in [2.75, 3.05) is 18.0 Å². The van der Waals surface area contributed by atoms with Crippen LogP contribution in [0, 0.1) is 6.92 Å². The van der Waals surface area contributed by atoms with Gasteiger partial charge in [0.1, 0.15) is 11.9 Å². The Morgan fingerprint density at radius 1 is 0.955 bits per heavy atom. The lowest BCUT2D eigenvalue weighted by Crippen LogP contribution is -2.25. The van der Waals surface area contributed by atoms with Crippen LogP contribution in [0.3, 0.4) is 0 Å². The van der Waals surface area contributed by atoms with E-state index in [1.54, 1.807) is 0 Å². The van der Waals surface area contributed by atoms with E-state index in [9.17, 15) is 5.11 Å². The van der Waals surface area contributed by atoms with Gasteiger partial charge in [-0.25, -0.2) is 4.98 Å². The third-order valence-corrected chi connectivity index (χ3v) is 4.45. The Bertz CT molecular complexity index is 604. The van der Waals surface area contributed by atoms with Gasteiger partial charge in [0.25, 0.3) is 0 Å². The topological polar surface area (TPSA) is 36.4 Å². The van der Waals surface area contributed by atoms with Crippen molar-refractivity contribution in [3.8, 4) is 0 Å². The predicted octanol–water partition coefficient (Wildman–Crippen LogP) is 3.85. The van der Waals surface area contributed by atoms with Gasteiger partial charge in [-0.2, -0.15) is 0 Å². The van der Waals surface area contributed by atoms with Gasteiger partial charge in [0.2, 0.25) is 0 Å². The van der Waals surface area contributed by atoms with E-state index < -0.39 is 6.10 Å². The van der Waals surface area contributed by atoms with E-state index in [-0.39, 0.29) is 0 Å². The molecular weight excluding hydrogens is 272 g/mol. The van der Waals surface area contributed by atoms with Crippen molar-refractivity contribution < 1.29 is 5.11 Å². The summed E-state index contributed by atoms with van der Waals surface area (Å²) in [5.74, 6) is 1.04. The molecular formula is C19H24N2O. The van der Waals surface area contributed by atoms with Gasteiger partial charge in [-0.05, 0) is 31.4 Å².